The number of H-pyrrole nitrogens is 1. The highest BCUT2D eigenvalue weighted by molar-refractivity contribution is 8.15. The molecule has 1 unspecified atom stereocenters. The smallest absolute Gasteiger partial charge is 0.273 e. The number of rotatable bonds is 6. The second kappa shape index (κ2) is 8.83. The maximum atomic E-state index is 13.1. The van der Waals surface area contributed by atoms with Crippen LogP contribution in [-0.2, 0) is 14.8 Å². The number of aromatic nitrogens is 1. The summed E-state index contributed by atoms with van der Waals surface area (Å²) in [5.41, 5.74) is 3.42. The predicted molar refractivity (Wildman–Crippen MR) is 133 cm³/mol. The first-order chi connectivity index (χ1) is 15.4. The number of benzene rings is 1. The van der Waals surface area contributed by atoms with Crippen LogP contribution in [0.2, 0.25) is 0 Å². The fourth-order valence-electron chi connectivity index (χ4n) is 4.14. The number of aryl methyl sites for hydroxylation is 1. The quantitative estimate of drug-likeness (QED) is 0.572. The topological polar surface area (TPSA) is 78.0 Å². The standard InChI is InChI=1S/C22H26N4O3S3/c1-15-10-16-12-18(22-23-13-17(31-22)14-26-5-7-29-8-6-26)24-21(16)19(11-15)25(2)32(27,28)20-4-3-9-30-20/h3-4,9-12,17,24H,5-8,13-14H2,1-2H3. The van der Waals surface area contributed by atoms with Gasteiger partial charge in [-0.15, -0.1) is 11.3 Å². The van der Waals surface area contributed by atoms with E-state index in [0.717, 1.165) is 66.6 Å². The molecule has 4 heterocycles. The molecule has 0 bridgehead atoms. The van der Waals surface area contributed by atoms with E-state index < -0.39 is 10.0 Å². The lowest BCUT2D eigenvalue weighted by Crippen LogP contribution is -2.40. The van der Waals surface area contributed by atoms with Gasteiger partial charge in [0.25, 0.3) is 10.0 Å². The fourth-order valence-corrected chi connectivity index (χ4v) is 7.64. The van der Waals surface area contributed by atoms with E-state index in [1.807, 2.05) is 13.0 Å². The van der Waals surface area contributed by atoms with Crippen LogP contribution in [0.25, 0.3) is 10.9 Å². The zero-order chi connectivity index (χ0) is 22.3. The number of aliphatic imine (C=N–C) groups is 1. The summed E-state index contributed by atoms with van der Waals surface area (Å²) >= 11 is 3.03. The summed E-state index contributed by atoms with van der Waals surface area (Å²) in [5, 5.41) is 4.19. The fraction of sp³-hybridized carbons (Fsp3) is 0.409. The monoisotopic (exact) mass is 490 g/mol. The molecule has 10 heteroatoms. The number of hydrogen-bond donors (Lipinski definition) is 1. The van der Waals surface area contributed by atoms with Gasteiger partial charge in [0.05, 0.1) is 36.7 Å². The van der Waals surface area contributed by atoms with Crippen molar-refractivity contribution in [1.82, 2.24) is 9.88 Å². The van der Waals surface area contributed by atoms with Crippen molar-refractivity contribution in [2.24, 2.45) is 4.99 Å². The van der Waals surface area contributed by atoms with E-state index in [2.05, 4.69) is 22.0 Å². The molecule has 0 aliphatic carbocycles. The molecule has 1 aromatic carbocycles. The summed E-state index contributed by atoms with van der Waals surface area (Å²) in [6.45, 7) is 7.35. The molecule has 0 amide bonds. The number of thiophene rings is 1. The first kappa shape index (κ1) is 22.0. The van der Waals surface area contributed by atoms with Crippen LogP contribution in [-0.4, -0.2) is 75.0 Å². The average Bonchev–Trinajstić information content (AvgIpc) is 3.53. The van der Waals surface area contributed by atoms with Crippen LogP contribution in [0.5, 0.6) is 0 Å². The van der Waals surface area contributed by atoms with Crippen molar-refractivity contribution >= 4 is 54.8 Å². The summed E-state index contributed by atoms with van der Waals surface area (Å²) in [5.74, 6) is 0. The number of morpholine rings is 1. The molecule has 1 atom stereocenters. The summed E-state index contributed by atoms with van der Waals surface area (Å²) in [4.78, 5) is 10.7. The third-order valence-corrected chi connectivity index (χ3v) is 10.2. The van der Waals surface area contributed by atoms with Gasteiger partial charge in [-0.25, -0.2) is 8.42 Å². The van der Waals surface area contributed by atoms with Crippen molar-refractivity contribution in [3.05, 3.63) is 47.0 Å². The van der Waals surface area contributed by atoms with Gasteiger partial charge in [0.15, 0.2) is 0 Å². The lowest BCUT2D eigenvalue weighted by molar-refractivity contribution is 0.0385. The van der Waals surface area contributed by atoms with Crippen molar-refractivity contribution < 1.29 is 13.2 Å². The Hall–Kier alpha value is -1.85. The van der Waals surface area contributed by atoms with Crippen LogP contribution in [0, 0.1) is 6.92 Å². The van der Waals surface area contributed by atoms with E-state index in [1.165, 1.54) is 15.6 Å². The molecule has 0 radical (unpaired) electrons. The highest BCUT2D eigenvalue weighted by Gasteiger charge is 2.27. The van der Waals surface area contributed by atoms with E-state index in [9.17, 15) is 8.42 Å². The highest BCUT2D eigenvalue weighted by atomic mass is 32.2. The minimum absolute atomic E-state index is 0.336. The van der Waals surface area contributed by atoms with E-state index in [1.54, 1.807) is 36.3 Å². The van der Waals surface area contributed by atoms with E-state index in [0.29, 0.717) is 15.1 Å². The molecule has 32 heavy (non-hydrogen) atoms. The molecule has 3 aromatic rings. The summed E-state index contributed by atoms with van der Waals surface area (Å²) in [6, 6.07) is 9.48. The average molecular weight is 491 g/mol. The minimum Gasteiger partial charge on any atom is -0.379 e. The normalized spacial score (nSPS) is 20.1. The summed E-state index contributed by atoms with van der Waals surface area (Å²) < 4.78 is 33.4. The van der Waals surface area contributed by atoms with E-state index in [4.69, 9.17) is 9.73 Å². The van der Waals surface area contributed by atoms with Gasteiger partial charge in [0, 0.05) is 37.3 Å². The second-order valence-electron chi connectivity index (χ2n) is 8.13. The maximum Gasteiger partial charge on any atom is 0.273 e. The van der Waals surface area contributed by atoms with Gasteiger partial charge in [-0.1, -0.05) is 17.8 Å². The number of thioether (sulfide) groups is 1. The lowest BCUT2D eigenvalue weighted by atomic mass is 10.1. The number of ether oxygens (including phenoxy) is 1. The third-order valence-electron chi connectivity index (χ3n) is 5.81. The molecule has 0 saturated carbocycles. The molecule has 7 nitrogen and oxygen atoms in total. The van der Waals surface area contributed by atoms with Crippen LogP contribution >= 0.6 is 23.1 Å². The summed E-state index contributed by atoms with van der Waals surface area (Å²) in [7, 11) is -2.00. The Bertz CT molecular complexity index is 1240. The number of fused-ring (bicyclic) bond motifs is 1. The zero-order valence-electron chi connectivity index (χ0n) is 18.1. The number of nitrogens with one attached hydrogen (secondary N) is 1. The van der Waals surface area contributed by atoms with Crippen LogP contribution in [0.15, 0.2) is 44.9 Å². The van der Waals surface area contributed by atoms with E-state index in [-0.39, 0.29) is 0 Å². The molecular weight excluding hydrogens is 464 g/mol. The van der Waals surface area contributed by atoms with Crippen molar-refractivity contribution in [3.8, 4) is 0 Å². The van der Waals surface area contributed by atoms with Gasteiger partial charge in [0.1, 0.15) is 9.25 Å². The second-order valence-corrected chi connectivity index (χ2v) is 12.6. The Morgan fingerprint density at radius 3 is 2.84 bits per heavy atom. The number of anilines is 1. The molecule has 2 aliphatic heterocycles. The van der Waals surface area contributed by atoms with Crippen LogP contribution in [0.1, 0.15) is 11.3 Å². The largest absolute Gasteiger partial charge is 0.379 e. The highest BCUT2D eigenvalue weighted by Crippen LogP contribution is 2.35. The molecular formula is C22H26N4O3S3. The molecule has 1 N–H and O–H groups in total. The first-order valence-corrected chi connectivity index (χ1v) is 13.8. The minimum atomic E-state index is -3.61. The van der Waals surface area contributed by atoms with Crippen LogP contribution in [0.4, 0.5) is 5.69 Å². The Labute approximate surface area is 196 Å². The predicted octanol–water partition coefficient (Wildman–Crippen LogP) is 3.56. The maximum absolute atomic E-state index is 13.1. The van der Waals surface area contributed by atoms with Crippen molar-refractivity contribution in [3.63, 3.8) is 0 Å². The Kier molecular flexibility index (Phi) is 6.06. The molecule has 170 valence electrons. The zero-order valence-corrected chi connectivity index (χ0v) is 20.5. The van der Waals surface area contributed by atoms with Gasteiger partial charge in [0.2, 0.25) is 0 Å². The molecule has 1 fully saturated rings. The van der Waals surface area contributed by atoms with Gasteiger partial charge in [-0.05, 0) is 42.1 Å². The van der Waals surface area contributed by atoms with Gasteiger partial charge >= 0.3 is 0 Å². The summed E-state index contributed by atoms with van der Waals surface area (Å²) in [6.07, 6.45) is 0. The van der Waals surface area contributed by atoms with Crippen LogP contribution in [0.3, 0.4) is 0 Å². The van der Waals surface area contributed by atoms with Crippen molar-refractivity contribution in [1.29, 1.82) is 0 Å². The Balaban J connectivity index is 1.41. The number of hydrogen-bond acceptors (Lipinski definition) is 7. The number of nitrogens with zero attached hydrogens (tertiary/aromatic N) is 3. The molecule has 2 aliphatic rings. The van der Waals surface area contributed by atoms with Crippen molar-refractivity contribution in [2.45, 2.75) is 16.4 Å². The van der Waals surface area contributed by atoms with Crippen LogP contribution < -0.4 is 4.31 Å². The van der Waals surface area contributed by atoms with Gasteiger partial charge in [-0.3, -0.25) is 14.2 Å². The third kappa shape index (κ3) is 4.22. The number of aromatic amines is 1. The van der Waals surface area contributed by atoms with E-state index >= 15 is 0 Å². The lowest BCUT2D eigenvalue weighted by Gasteiger charge is -2.28. The van der Waals surface area contributed by atoms with Crippen molar-refractivity contribution in [2.75, 3.05) is 50.7 Å². The molecule has 2 aromatic heterocycles. The Morgan fingerprint density at radius 1 is 1.28 bits per heavy atom. The molecule has 1 saturated heterocycles. The van der Waals surface area contributed by atoms with Gasteiger partial charge < -0.3 is 9.72 Å². The first-order valence-electron chi connectivity index (χ1n) is 10.6. The molecule has 0 spiro atoms. The van der Waals surface area contributed by atoms with Gasteiger partial charge in [-0.2, -0.15) is 0 Å². The number of sulfonamides is 1. The SMILES string of the molecule is Cc1cc(N(C)S(=O)(=O)c2cccs2)c2[nH]c(C3=NCC(CN4CCOCC4)S3)cc2c1. The molecule has 5 rings (SSSR count). The Morgan fingerprint density at radius 2 is 2.09 bits per heavy atom.